The quantitative estimate of drug-likeness (QED) is 0.221. The fourth-order valence-corrected chi connectivity index (χ4v) is 8.33. The van der Waals surface area contributed by atoms with Crippen molar-refractivity contribution in [2.75, 3.05) is 25.2 Å². The molecule has 2 fully saturated rings. The summed E-state index contributed by atoms with van der Waals surface area (Å²) < 4.78 is 37.0. The first-order chi connectivity index (χ1) is 18.5. The van der Waals surface area contributed by atoms with Crippen molar-refractivity contribution < 1.29 is 38.3 Å². The largest absolute Gasteiger partial charge is 0.479 e. The van der Waals surface area contributed by atoms with Crippen molar-refractivity contribution >= 4 is 41.2 Å². The minimum absolute atomic E-state index is 0.0761. The lowest BCUT2D eigenvalue weighted by molar-refractivity contribution is -0.150. The summed E-state index contributed by atoms with van der Waals surface area (Å²) in [5.41, 5.74) is 5.33. The minimum Gasteiger partial charge on any atom is -0.479 e. The third-order valence-electron chi connectivity index (χ3n) is 6.59. The molecular formula is C23H29N6O8PS. The Hall–Kier alpha value is -2.78. The predicted octanol–water partition coefficient (Wildman–Crippen LogP) is 1.56. The van der Waals surface area contributed by atoms with E-state index in [0.717, 1.165) is 16.9 Å². The highest BCUT2D eigenvalue weighted by Gasteiger charge is 2.54. The molecule has 2 aliphatic rings. The Kier molecular flexibility index (Phi) is 7.59. The van der Waals surface area contributed by atoms with Gasteiger partial charge in [-0.3, -0.25) is 13.9 Å². The number of aliphatic hydroxyl groups is 2. The molecule has 3 unspecified atom stereocenters. The third kappa shape index (κ3) is 5.35. The summed E-state index contributed by atoms with van der Waals surface area (Å²) >= 11 is 0.956. The van der Waals surface area contributed by atoms with Crippen molar-refractivity contribution in [3.05, 3.63) is 42.2 Å². The fraction of sp³-hybridized carbons (Fsp3) is 0.478. The number of imidazole rings is 1. The average molecular weight is 581 g/mol. The number of nitrogens with one attached hydrogen (secondary N) is 1. The molecule has 7 atom stereocenters. The zero-order chi connectivity index (χ0) is 27.9. The predicted molar refractivity (Wildman–Crippen MR) is 141 cm³/mol. The van der Waals surface area contributed by atoms with Gasteiger partial charge in [0, 0.05) is 5.75 Å². The van der Waals surface area contributed by atoms with Crippen molar-refractivity contribution in [2.45, 2.75) is 50.0 Å². The topological polar surface area (TPSA) is 193 Å². The van der Waals surface area contributed by atoms with Crippen LogP contribution in [-0.4, -0.2) is 79.0 Å². The van der Waals surface area contributed by atoms with E-state index >= 15 is 0 Å². The third-order valence-corrected chi connectivity index (χ3v) is 10.6. The van der Waals surface area contributed by atoms with Gasteiger partial charge in [0.25, 0.3) is 0 Å². The van der Waals surface area contributed by atoms with Crippen molar-refractivity contribution in [2.24, 2.45) is 0 Å². The number of aliphatic hydroxyl groups excluding tert-OH is 1. The summed E-state index contributed by atoms with van der Waals surface area (Å²) in [7, 11) is 1.41. The summed E-state index contributed by atoms with van der Waals surface area (Å²) in [6, 6.07) is 8.43. The Balaban J connectivity index is 1.23. The highest BCUT2D eigenvalue weighted by atomic mass is 32.7. The van der Waals surface area contributed by atoms with Crippen molar-refractivity contribution in [3.63, 3.8) is 0 Å². The van der Waals surface area contributed by atoms with Gasteiger partial charge in [-0.1, -0.05) is 41.7 Å². The monoisotopic (exact) mass is 580 g/mol. The van der Waals surface area contributed by atoms with E-state index in [0.29, 0.717) is 0 Å². The molecule has 210 valence electrons. The number of hydrogen-bond donors (Lipinski definition) is 4. The van der Waals surface area contributed by atoms with Gasteiger partial charge in [0.15, 0.2) is 17.4 Å². The van der Waals surface area contributed by atoms with Gasteiger partial charge in [-0.05, 0) is 19.4 Å². The van der Waals surface area contributed by atoms with E-state index in [1.54, 1.807) is 6.92 Å². The maximum atomic E-state index is 13.3. The van der Waals surface area contributed by atoms with Crippen LogP contribution in [0.2, 0.25) is 0 Å². The summed E-state index contributed by atoms with van der Waals surface area (Å²) in [6.45, 7) is -0.719. The maximum Gasteiger partial charge on any atom is 0.327 e. The second-order valence-corrected chi connectivity index (χ2v) is 13.7. The number of aromatic nitrogens is 4. The lowest BCUT2D eigenvalue weighted by atomic mass is 9.96. The second-order valence-electron chi connectivity index (χ2n) is 9.37. The van der Waals surface area contributed by atoms with Gasteiger partial charge in [0.05, 0.1) is 20.0 Å². The van der Waals surface area contributed by atoms with Gasteiger partial charge in [-0.2, -0.15) is 9.97 Å². The molecule has 0 bridgehead atoms. The van der Waals surface area contributed by atoms with Gasteiger partial charge >= 0.3 is 12.7 Å². The number of ether oxygens (including phenoxy) is 3. The summed E-state index contributed by atoms with van der Waals surface area (Å²) in [6.07, 6.45) is -2.75. The first kappa shape index (κ1) is 27.8. The number of methoxy groups -OCH3 is 1. The highest BCUT2D eigenvalue weighted by molar-refractivity contribution is 8.56. The fourth-order valence-electron chi connectivity index (χ4n) is 4.45. The maximum absolute atomic E-state index is 13.3. The first-order valence-electron chi connectivity index (χ1n) is 12.0. The first-order valence-corrected chi connectivity index (χ1v) is 15.3. The SMILES string of the molecule is COc1nc(N)nc2c1ncn2[C@@H]1O[C@H](COP2(=O)NC(C(=O)OC(C)c3ccccc3)CS2)[C@@H](O)[C@@]1(C)O. The van der Waals surface area contributed by atoms with Crippen LogP contribution >= 0.6 is 18.1 Å². The van der Waals surface area contributed by atoms with Crippen molar-refractivity contribution in [1.29, 1.82) is 0 Å². The minimum atomic E-state index is -3.53. The van der Waals surface area contributed by atoms with Gasteiger partial charge in [-0.15, -0.1) is 0 Å². The normalized spacial score (nSPS) is 31.4. The van der Waals surface area contributed by atoms with Gasteiger partial charge < -0.3 is 34.7 Å². The number of hydrogen-bond acceptors (Lipinski definition) is 13. The van der Waals surface area contributed by atoms with Crippen molar-refractivity contribution in [1.82, 2.24) is 24.6 Å². The van der Waals surface area contributed by atoms with Crippen LogP contribution in [0.5, 0.6) is 5.88 Å². The molecule has 14 nitrogen and oxygen atoms in total. The molecule has 1 aromatic carbocycles. The van der Waals surface area contributed by atoms with Crippen LogP contribution in [0.15, 0.2) is 36.7 Å². The smallest absolute Gasteiger partial charge is 0.327 e. The van der Waals surface area contributed by atoms with Gasteiger partial charge in [0.2, 0.25) is 11.8 Å². The van der Waals surface area contributed by atoms with Crippen LogP contribution in [0.1, 0.15) is 31.7 Å². The van der Waals surface area contributed by atoms with E-state index in [1.807, 2.05) is 30.3 Å². The van der Waals surface area contributed by atoms with Crippen LogP contribution in [0.4, 0.5) is 5.95 Å². The van der Waals surface area contributed by atoms with E-state index < -0.39 is 48.9 Å². The number of nitrogen functional groups attached to an aromatic ring is 1. The molecule has 0 saturated carbocycles. The number of esters is 1. The number of fused-ring (bicyclic) bond motifs is 1. The van der Waals surface area contributed by atoms with Crippen LogP contribution in [0.25, 0.3) is 11.2 Å². The Labute approximate surface area is 227 Å². The van der Waals surface area contributed by atoms with Crippen LogP contribution < -0.4 is 15.6 Å². The molecule has 0 amide bonds. The van der Waals surface area contributed by atoms with Crippen molar-refractivity contribution in [3.8, 4) is 5.88 Å². The Morgan fingerprint density at radius 2 is 2.13 bits per heavy atom. The molecule has 2 saturated heterocycles. The molecule has 4 heterocycles. The molecule has 0 radical (unpaired) electrons. The average Bonchev–Trinajstić information content (AvgIpc) is 3.57. The van der Waals surface area contributed by atoms with E-state index in [-0.39, 0.29) is 35.4 Å². The molecule has 5 rings (SSSR count). The lowest BCUT2D eigenvalue weighted by Crippen LogP contribution is -2.44. The molecule has 2 aliphatic heterocycles. The number of carbonyl (C=O) groups is 1. The van der Waals surface area contributed by atoms with E-state index in [4.69, 9.17) is 24.5 Å². The van der Waals surface area contributed by atoms with Gasteiger partial charge in [0.1, 0.15) is 30.0 Å². The summed E-state index contributed by atoms with van der Waals surface area (Å²) in [5.74, 6) is -0.310. The Morgan fingerprint density at radius 1 is 1.38 bits per heavy atom. The molecule has 2 aromatic heterocycles. The number of anilines is 1. The second kappa shape index (κ2) is 10.7. The molecule has 5 N–H and O–H groups in total. The zero-order valence-corrected chi connectivity index (χ0v) is 23.0. The van der Waals surface area contributed by atoms with Gasteiger partial charge in [-0.25, -0.2) is 10.1 Å². The molecular weight excluding hydrogens is 551 g/mol. The molecule has 0 aliphatic carbocycles. The van der Waals surface area contributed by atoms with Crippen LogP contribution in [0, 0.1) is 0 Å². The van der Waals surface area contributed by atoms with Crippen LogP contribution in [-0.2, 0) is 23.4 Å². The molecule has 0 spiro atoms. The Morgan fingerprint density at radius 3 is 2.85 bits per heavy atom. The number of nitrogens with zero attached hydrogens (tertiary/aromatic N) is 4. The molecule has 39 heavy (non-hydrogen) atoms. The summed E-state index contributed by atoms with van der Waals surface area (Å²) in [5, 5.41) is 24.7. The van der Waals surface area contributed by atoms with E-state index in [1.165, 1.54) is 24.9 Å². The van der Waals surface area contributed by atoms with Crippen LogP contribution in [0.3, 0.4) is 0 Å². The number of carbonyl (C=O) groups excluding carboxylic acids is 1. The molecule has 3 aromatic rings. The standard InChI is InChI=1S/C23H29N6O8PS/c1-12(13-7-5-4-6-8-13)36-20(31)14-10-39-38(33,28-14)35-9-15-17(30)23(2,32)21(37-15)29-11-25-16-18(29)26-22(24)27-19(16)34-3/h4-8,11-12,14-15,17,21,30,32H,9-10H2,1-3H3,(H,28,33)(H2,24,26,27)/t12?,14?,15-,17-,21-,23-,38?/m1/s1. The molecule has 16 heteroatoms. The van der Waals surface area contributed by atoms with E-state index in [9.17, 15) is 19.6 Å². The number of nitrogens with two attached hydrogens (primary N) is 1. The summed E-state index contributed by atoms with van der Waals surface area (Å²) in [4.78, 5) is 25.0. The zero-order valence-electron chi connectivity index (χ0n) is 21.3. The van der Waals surface area contributed by atoms with E-state index in [2.05, 4.69) is 20.0 Å². The Bertz CT molecular complexity index is 1410. The number of rotatable bonds is 8. The number of benzene rings is 1. The lowest BCUT2D eigenvalue weighted by Gasteiger charge is -2.27. The highest BCUT2D eigenvalue weighted by Crippen LogP contribution is 2.61.